The van der Waals surface area contributed by atoms with E-state index in [-0.39, 0.29) is 6.04 Å². The molecule has 7 nitrogen and oxygen atoms in total. The van der Waals surface area contributed by atoms with Gasteiger partial charge in [-0.3, -0.25) is 9.27 Å². The predicted molar refractivity (Wildman–Crippen MR) is 123 cm³/mol. The average molecular weight is 458 g/mol. The van der Waals surface area contributed by atoms with Gasteiger partial charge < -0.3 is 5.32 Å². The molecule has 0 amide bonds. The van der Waals surface area contributed by atoms with E-state index in [9.17, 15) is 4.21 Å². The first-order valence-electron chi connectivity index (χ1n) is 9.11. The Morgan fingerprint density at radius 1 is 1.10 bits per heavy atom. The second-order valence-electron chi connectivity index (χ2n) is 6.52. The summed E-state index contributed by atoms with van der Waals surface area (Å²) < 4.78 is 22.3. The van der Waals surface area contributed by atoms with Crippen molar-refractivity contribution in [2.75, 3.05) is 10.0 Å². The average Bonchev–Trinajstić information content (AvgIpc) is 3.38. The van der Waals surface area contributed by atoms with E-state index in [1.807, 2.05) is 37.3 Å². The van der Waals surface area contributed by atoms with Crippen molar-refractivity contribution in [1.29, 1.82) is 0 Å². The zero-order valence-electron chi connectivity index (χ0n) is 16.0. The zero-order chi connectivity index (χ0) is 20.9. The van der Waals surface area contributed by atoms with Crippen LogP contribution in [0.5, 0.6) is 0 Å². The molecule has 0 aliphatic carbocycles. The van der Waals surface area contributed by atoms with Crippen LogP contribution in [-0.2, 0) is 17.7 Å². The number of rotatable bonds is 8. The molecule has 0 saturated carbocycles. The van der Waals surface area contributed by atoms with Crippen LogP contribution in [0.1, 0.15) is 22.3 Å². The van der Waals surface area contributed by atoms with Gasteiger partial charge in [0.05, 0.1) is 11.7 Å². The number of aryl methyl sites for hydroxylation is 1. The van der Waals surface area contributed by atoms with E-state index < -0.39 is 11.3 Å². The molecule has 2 aromatic heterocycles. The van der Waals surface area contributed by atoms with Crippen LogP contribution in [0.15, 0.2) is 60.0 Å². The zero-order valence-corrected chi connectivity index (χ0v) is 18.4. The second-order valence-corrected chi connectivity index (χ2v) is 9.26. The topological polar surface area (TPSA) is 100 Å². The van der Waals surface area contributed by atoms with E-state index in [1.165, 1.54) is 11.3 Å². The van der Waals surface area contributed by atoms with E-state index >= 15 is 0 Å². The Bertz CT molecular complexity index is 1130. The van der Waals surface area contributed by atoms with Crippen LogP contribution in [0, 0.1) is 6.92 Å². The van der Waals surface area contributed by atoms with Crippen LogP contribution in [0.25, 0.3) is 10.6 Å². The van der Waals surface area contributed by atoms with Crippen LogP contribution in [0.4, 0.5) is 10.8 Å². The Kier molecular flexibility index (Phi) is 6.48. The number of nitrogens with zero attached hydrogens (tertiary/aromatic N) is 3. The van der Waals surface area contributed by atoms with Gasteiger partial charge in [-0.15, -0.1) is 21.5 Å². The predicted octanol–water partition coefficient (Wildman–Crippen LogP) is 4.91. The van der Waals surface area contributed by atoms with Crippen molar-refractivity contribution in [3.8, 4) is 10.6 Å². The largest absolute Gasteiger partial charge is 0.351 e. The maximum Gasteiger partial charge on any atom is 0.259 e. The molecule has 0 aliphatic heterocycles. The molecule has 2 aromatic carbocycles. The summed E-state index contributed by atoms with van der Waals surface area (Å²) in [5.74, 6) is 0. The van der Waals surface area contributed by atoms with E-state index in [1.54, 1.807) is 23.5 Å². The number of anilines is 2. The molecule has 4 rings (SSSR count). The highest BCUT2D eigenvalue weighted by Crippen LogP contribution is 2.30. The third-order valence-electron chi connectivity index (χ3n) is 4.32. The molecule has 2 atom stereocenters. The Balaban J connectivity index is 1.58. The third-order valence-corrected chi connectivity index (χ3v) is 6.41. The van der Waals surface area contributed by atoms with Crippen molar-refractivity contribution in [3.05, 3.63) is 76.2 Å². The fourth-order valence-corrected chi connectivity index (χ4v) is 4.80. The molecule has 10 heteroatoms. The lowest BCUT2D eigenvalue weighted by Crippen LogP contribution is -2.14. The van der Waals surface area contributed by atoms with Gasteiger partial charge in [0.25, 0.3) is 11.3 Å². The first-order valence-corrected chi connectivity index (χ1v) is 11.9. The number of nitrogens with one attached hydrogen (secondary N) is 2. The summed E-state index contributed by atoms with van der Waals surface area (Å²) in [6.07, 6.45) is 0.680. The highest BCUT2D eigenvalue weighted by Gasteiger charge is 2.18. The molecule has 0 bridgehead atoms. The fourth-order valence-electron chi connectivity index (χ4n) is 2.94. The normalized spacial score (nSPS) is 13.0. The lowest BCUT2D eigenvalue weighted by molar-refractivity contribution is 0.570. The van der Waals surface area contributed by atoms with Crippen LogP contribution in [0.3, 0.4) is 0 Å². The molecule has 1 unspecified atom stereocenters. The maximum absolute atomic E-state index is 10.9. The van der Waals surface area contributed by atoms with Crippen LogP contribution in [0.2, 0.25) is 0 Å². The molecule has 30 heavy (non-hydrogen) atoms. The Morgan fingerprint density at radius 3 is 2.53 bits per heavy atom. The van der Waals surface area contributed by atoms with E-state index in [0.717, 1.165) is 32.0 Å². The molecule has 0 fully saturated rings. The van der Waals surface area contributed by atoms with Crippen molar-refractivity contribution < 1.29 is 8.76 Å². The van der Waals surface area contributed by atoms with Gasteiger partial charge in [-0.1, -0.05) is 53.8 Å². The minimum atomic E-state index is -2.09. The highest BCUT2D eigenvalue weighted by molar-refractivity contribution is 7.80. The van der Waals surface area contributed by atoms with Crippen molar-refractivity contribution in [3.63, 3.8) is 0 Å². The number of aromatic nitrogens is 3. The summed E-state index contributed by atoms with van der Waals surface area (Å²) in [7, 11) is 0. The van der Waals surface area contributed by atoms with Gasteiger partial charge in [0, 0.05) is 16.6 Å². The van der Waals surface area contributed by atoms with E-state index in [2.05, 4.69) is 37.7 Å². The van der Waals surface area contributed by atoms with Gasteiger partial charge in [-0.25, -0.2) is 9.19 Å². The lowest BCUT2D eigenvalue weighted by atomic mass is 10.0. The molecule has 0 saturated heterocycles. The van der Waals surface area contributed by atoms with E-state index in [4.69, 9.17) is 9.54 Å². The molecule has 0 radical (unpaired) electrons. The van der Waals surface area contributed by atoms with Gasteiger partial charge in [-0.05, 0) is 31.0 Å². The van der Waals surface area contributed by atoms with Gasteiger partial charge in [0.15, 0.2) is 0 Å². The quantitative estimate of drug-likeness (QED) is 0.325. The number of benzene rings is 2. The number of hydrogen-bond donors (Lipinski definition) is 3. The van der Waals surface area contributed by atoms with Crippen LogP contribution < -0.4 is 10.0 Å². The Labute approximate surface area is 184 Å². The minimum absolute atomic E-state index is 0.0863. The third kappa shape index (κ3) is 5.28. The van der Waals surface area contributed by atoms with Crippen molar-refractivity contribution in [1.82, 2.24) is 15.2 Å². The summed E-state index contributed by atoms with van der Waals surface area (Å²) in [4.78, 5) is 4.86. The summed E-state index contributed by atoms with van der Waals surface area (Å²) in [5, 5.41) is 16.4. The molecular formula is C20H19N5O2S3. The van der Waals surface area contributed by atoms with Gasteiger partial charge in [0.1, 0.15) is 10.0 Å². The number of thiazole rings is 1. The van der Waals surface area contributed by atoms with Crippen molar-refractivity contribution in [2.24, 2.45) is 0 Å². The van der Waals surface area contributed by atoms with Gasteiger partial charge >= 0.3 is 0 Å². The van der Waals surface area contributed by atoms with Crippen LogP contribution >= 0.6 is 22.7 Å². The first-order chi connectivity index (χ1) is 14.6. The van der Waals surface area contributed by atoms with Crippen molar-refractivity contribution >= 4 is 44.8 Å². The minimum Gasteiger partial charge on any atom is -0.351 e. The molecular weight excluding hydrogens is 438 g/mol. The number of hydrogen-bond acceptors (Lipinski definition) is 7. The smallest absolute Gasteiger partial charge is 0.259 e. The maximum atomic E-state index is 10.9. The van der Waals surface area contributed by atoms with Gasteiger partial charge in [0.2, 0.25) is 5.13 Å². The Hall–Kier alpha value is -2.66. The standard InChI is InChI=1S/C20H19N5O2S3/c1-13-23-24-20(29-13)22-17(11-14-7-9-16(10-8-14)25-30(26)27)18-12-28-19(21-18)15-5-3-2-4-6-15/h2-10,12,17,25H,11H2,1H3,(H,22,24)(H,26,27)/t17-/m0/s1. The van der Waals surface area contributed by atoms with E-state index in [0.29, 0.717) is 12.1 Å². The molecule has 0 spiro atoms. The molecule has 154 valence electrons. The molecule has 2 heterocycles. The summed E-state index contributed by atoms with van der Waals surface area (Å²) in [6.45, 7) is 1.92. The fraction of sp³-hybridized carbons (Fsp3) is 0.150. The van der Waals surface area contributed by atoms with Crippen molar-refractivity contribution in [2.45, 2.75) is 19.4 Å². The van der Waals surface area contributed by atoms with Crippen LogP contribution in [-0.4, -0.2) is 23.9 Å². The molecule has 0 aliphatic rings. The summed E-state index contributed by atoms with van der Waals surface area (Å²) >= 11 is 1.03. The second kappa shape index (κ2) is 9.43. The summed E-state index contributed by atoms with van der Waals surface area (Å²) in [6, 6.07) is 17.4. The lowest BCUT2D eigenvalue weighted by Gasteiger charge is -2.16. The Morgan fingerprint density at radius 2 is 1.87 bits per heavy atom. The molecule has 3 N–H and O–H groups in total. The van der Waals surface area contributed by atoms with Gasteiger partial charge in [-0.2, -0.15) is 0 Å². The first kappa shape index (κ1) is 20.6. The summed E-state index contributed by atoms with van der Waals surface area (Å²) in [5.41, 5.74) is 3.68. The monoisotopic (exact) mass is 457 g/mol. The molecule has 4 aromatic rings. The highest BCUT2D eigenvalue weighted by atomic mass is 32.2. The SMILES string of the molecule is Cc1nnc(N[C@@H](Cc2ccc(NS(=O)O)cc2)c2csc(-c3ccccc3)n2)s1.